The van der Waals surface area contributed by atoms with Crippen molar-refractivity contribution in [3.05, 3.63) is 23.8 Å². The first-order valence-electron chi connectivity index (χ1n) is 10.2. The summed E-state index contributed by atoms with van der Waals surface area (Å²) < 4.78 is 10.5. The van der Waals surface area contributed by atoms with E-state index in [1.807, 2.05) is 4.90 Å². The molecular formula is C22H32N2O4. The molecule has 28 heavy (non-hydrogen) atoms. The summed E-state index contributed by atoms with van der Waals surface area (Å²) in [5.41, 5.74) is 0.925. The number of carbonyl (C=O) groups is 2. The highest BCUT2D eigenvalue weighted by Crippen LogP contribution is 2.48. The Morgan fingerprint density at radius 3 is 2.46 bits per heavy atom. The predicted octanol–water partition coefficient (Wildman–Crippen LogP) is 3.25. The van der Waals surface area contributed by atoms with Gasteiger partial charge < -0.3 is 19.7 Å². The standard InChI is InChI=1S/C22H32N2O4/c1-22(8-9-22)7-6-20(25)24-10-4-5-16(15-24)14-23-21(26)17-11-18(27-2)13-19(12-17)28-3/h11-13,16H,4-10,14-15H2,1-3H3,(H,23,26). The number of likely N-dealkylation sites (tertiary alicyclic amines) is 1. The molecule has 1 saturated heterocycles. The third kappa shape index (κ3) is 5.40. The Labute approximate surface area is 167 Å². The zero-order valence-electron chi connectivity index (χ0n) is 17.3. The Morgan fingerprint density at radius 2 is 1.86 bits per heavy atom. The molecular weight excluding hydrogens is 356 g/mol. The summed E-state index contributed by atoms with van der Waals surface area (Å²) in [6, 6.07) is 5.14. The van der Waals surface area contributed by atoms with Crippen LogP contribution in [-0.4, -0.2) is 50.6 Å². The molecule has 1 aromatic carbocycles. The second kappa shape index (κ2) is 8.84. The number of nitrogens with one attached hydrogen (secondary N) is 1. The molecule has 1 saturated carbocycles. The van der Waals surface area contributed by atoms with Crippen LogP contribution >= 0.6 is 0 Å². The van der Waals surface area contributed by atoms with Crippen LogP contribution in [0.15, 0.2) is 18.2 Å². The van der Waals surface area contributed by atoms with E-state index in [9.17, 15) is 9.59 Å². The van der Waals surface area contributed by atoms with Crippen molar-refractivity contribution in [3.63, 3.8) is 0 Å². The fourth-order valence-corrected chi connectivity index (χ4v) is 3.77. The number of methoxy groups -OCH3 is 2. The van der Waals surface area contributed by atoms with Crippen LogP contribution in [0.3, 0.4) is 0 Å². The Morgan fingerprint density at radius 1 is 1.18 bits per heavy atom. The van der Waals surface area contributed by atoms with E-state index in [0.717, 1.165) is 32.4 Å². The minimum absolute atomic E-state index is 0.151. The minimum Gasteiger partial charge on any atom is -0.497 e. The molecule has 6 nitrogen and oxygen atoms in total. The van der Waals surface area contributed by atoms with Crippen molar-refractivity contribution >= 4 is 11.8 Å². The molecule has 6 heteroatoms. The summed E-state index contributed by atoms with van der Waals surface area (Å²) in [5, 5.41) is 3.01. The van der Waals surface area contributed by atoms with Crippen molar-refractivity contribution in [2.24, 2.45) is 11.3 Å². The van der Waals surface area contributed by atoms with Crippen LogP contribution in [0.4, 0.5) is 0 Å². The number of carbonyl (C=O) groups excluding carboxylic acids is 2. The molecule has 2 fully saturated rings. The fraction of sp³-hybridized carbons (Fsp3) is 0.636. The SMILES string of the molecule is COc1cc(OC)cc(C(=O)NCC2CCCN(C(=O)CCC3(C)CC3)C2)c1. The van der Waals surface area contributed by atoms with E-state index < -0.39 is 0 Å². The van der Waals surface area contributed by atoms with Gasteiger partial charge in [0.25, 0.3) is 5.91 Å². The number of amides is 2. The third-order valence-electron chi connectivity index (χ3n) is 6.08. The molecule has 1 N–H and O–H groups in total. The lowest BCUT2D eigenvalue weighted by Gasteiger charge is -2.33. The maximum absolute atomic E-state index is 12.6. The van der Waals surface area contributed by atoms with E-state index in [-0.39, 0.29) is 11.8 Å². The highest BCUT2D eigenvalue weighted by atomic mass is 16.5. The highest BCUT2D eigenvalue weighted by molar-refractivity contribution is 5.95. The van der Waals surface area contributed by atoms with Crippen molar-refractivity contribution < 1.29 is 19.1 Å². The average molecular weight is 389 g/mol. The van der Waals surface area contributed by atoms with Gasteiger partial charge in [-0.15, -0.1) is 0 Å². The summed E-state index contributed by atoms with van der Waals surface area (Å²) in [7, 11) is 3.13. The van der Waals surface area contributed by atoms with Gasteiger partial charge in [-0.1, -0.05) is 6.92 Å². The Hall–Kier alpha value is -2.24. The Bertz CT molecular complexity index is 692. The van der Waals surface area contributed by atoms with Crippen molar-refractivity contribution in [2.75, 3.05) is 33.9 Å². The van der Waals surface area contributed by atoms with E-state index in [1.54, 1.807) is 32.4 Å². The van der Waals surface area contributed by atoms with E-state index >= 15 is 0 Å². The molecule has 1 aliphatic carbocycles. The fourth-order valence-electron chi connectivity index (χ4n) is 3.77. The normalized spacial score (nSPS) is 20.4. The molecule has 2 aliphatic rings. The number of ether oxygens (including phenoxy) is 2. The number of rotatable bonds is 8. The van der Waals surface area contributed by atoms with Gasteiger partial charge in [-0.2, -0.15) is 0 Å². The number of hydrogen-bond donors (Lipinski definition) is 1. The van der Waals surface area contributed by atoms with Crippen LogP contribution < -0.4 is 14.8 Å². The summed E-state index contributed by atoms with van der Waals surface area (Å²) in [6.07, 6.45) is 6.19. The van der Waals surface area contributed by atoms with Crippen LogP contribution in [-0.2, 0) is 4.79 Å². The monoisotopic (exact) mass is 388 g/mol. The van der Waals surface area contributed by atoms with Gasteiger partial charge in [0.05, 0.1) is 14.2 Å². The minimum atomic E-state index is -0.151. The molecule has 0 spiro atoms. The summed E-state index contributed by atoms with van der Waals surface area (Å²) >= 11 is 0. The molecule has 1 aromatic rings. The third-order valence-corrected chi connectivity index (χ3v) is 6.08. The van der Waals surface area contributed by atoms with Gasteiger partial charge in [0.1, 0.15) is 11.5 Å². The molecule has 154 valence electrons. The van der Waals surface area contributed by atoms with Crippen LogP contribution in [0.1, 0.15) is 55.8 Å². The Kier molecular flexibility index (Phi) is 6.47. The summed E-state index contributed by atoms with van der Waals surface area (Å²) in [4.78, 5) is 27.1. The zero-order valence-corrected chi connectivity index (χ0v) is 17.3. The lowest BCUT2D eigenvalue weighted by Crippen LogP contribution is -2.43. The quantitative estimate of drug-likeness (QED) is 0.742. The van der Waals surface area contributed by atoms with Gasteiger partial charge in [0, 0.05) is 37.7 Å². The number of benzene rings is 1. The molecule has 0 bridgehead atoms. The second-order valence-corrected chi connectivity index (χ2v) is 8.47. The lowest BCUT2D eigenvalue weighted by molar-refractivity contribution is -0.133. The maximum atomic E-state index is 12.6. The number of piperidine rings is 1. The topological polar surface area (TPSA) is 67.9 Å². The van der Waals surface area contributed by atoms with Gasteiger partial charge in [-0.05, 0) is 55.6 Å². The second-order valence-electron chi connectivity index (χ2n) is 8.47. The molecule has 1 atom stereocenters. The van der Waals surface area contributed by atoms with Crippen molar-refractivity contribution in [1.29, 1.82) is 0 Å². The largest absolute Gasteiger partial charge is 0.497 e. The van der Waals surface area contributed by atoms with Crippen LogP contribution in [0.2, 0.25) is 0 Å². The average Bonchev–Trinajstić information content (AvgIpc) is 3.47. The van der Waals surface area contributed by atoms with Crippen molar-refractivity contribution in [1.82, 2.24) is 10.2 Å². The van der Waals surface area contributed by atoms with Gasteiger partial charge in [-0.25, -0.2) is 0 Å². The summed E-state index contributed by atoms with van der Waals surface area (Å²) in [6.45, 7) is 4.41. The van der Waals surface area contributed by atoms with E-state index in [2.05, 4.69) is 12.2 Å². The molecule has 1 unspecified atom stereocenters. The van der Waals surface area contributed by atoms with Crippen LogP contribution in [0, 0.1) is 11.3 Å². The van der Waals surface area contributed by atoms with Crippen LogP contribution in [0.5, 0.6) is 11.5 Å². The lowest BCUT2D eigenvalue weighted by atomic mass is 9.96. The van der Waals surface area contributed by atoms with E-state index in [0.29, 0.717) is 41.4 Å². The molecule has 1 heterocycles. The molecule has 1 aliphatic heterocycles. The predicted molar refractivity (Wildman–Crippen MR) is 108 cm³/mol. The van der Waals surface area contributed by atoms with Crippen molar-refractivity contribution in [3.8, 4) is 11.5 Å². The molecule has 2 amide bonds. The van der Waals surface area contributed by atoms with Gasteiger partial charge in [0.2, 0.25) is 5.91 Å². The van der Waals surface area contributed by atoms with Crippen molar-refractivity contribution in [2.45, 2.75) is 45.4 Å². The molecule has 0 aromatic heterocycles. The van der Waals surface area contributed by atoms with E-state index in [4.69, 9.17) is 9.47 Å². The molecule has 3 rings (SSSR count). The molecule has 0 radical (unpaired) electrons. The first-order valence-corrected chi connectivity index (χ1v) is 10.2. The van der Waals surface area contributed by atoms with Gasteiger partial charge >= 0.3 is 0 Å². The first kappa shape index (κ1) is 20.5. The van der Waals surface area contributed by atoms with E-state index in [1.165, 1.54) is 12.8 Å². The van der Waals surface area contributed by atoms with Gasteiger partial charge in [0.15, 0.2) is 0 Å². The van der Waals surface area contributed by atoms with Gasteiger partial charge in [-0.3, -0.25) is 9.59 Å². The number of hydrogen-bond acceptors (Lipinski definition) is 4. The summed E-state index contributed by atoms with van der Waals surface area (Å²) in [5.74, 6) is 1.58. The maximum Gasteiger partial charge on any atom is 0.251 e. The van der Waals surface area contributed by atoms with Crippen LogP contribution in [0.25, 0.3) is 0 Å². The Balaban J connectivity index is 1.49. The first-order chi connectivity index (χ1) is 13.4. The number of nitrogens with zero attached hydrogens (tertiary/aromatic N) is 1. The highest BCUT2D eigenvalue weighted by Gasteiger charge is 2.37. The smallest absolute Gasteiger partial charge is 0.251 e. The zero-order chi connectivity index (χ0) is 20.1.